The quantitative estimate of drug-likeness (QED) is 0.688. The molecule has 0 bridgehead atoms. The van der Waals surface area contributed by atoms with Gasteiger partial charge in [0.05, 0.1) is 23.0 Å². The van der Waals surface area contributed by atoms with Crippen LogP contribution in [0.2, 0.25) is 0 Å². The molecule has 0 aliphatic rings. The summed E-state index contributed by atoms with van der Waals surface area (Å²) in [4.78, 5) is 22.2. The smallest absolute Gasteiger partial charge is 0.408 e. The van der Waals surface area contributed by atoms with Crippen molar-refractivity contribution >= 4 is 17.4 Å². The first kappa shape index (κ1) is 10.5. The number of fused-ring (bicyclic) bond motifs is 1. The maximum absolute atomic E-state index is 11.4. The van der Waals surface area contributed by atoms with Crippen LogP contribution < -0.4 is 5.76 Å². The zero-order valence-corrected chi connectivity index (χ0v) is 9.51. The highest BCUT2D eigenvalue weighted by Crippen LogP contribution is 2.24. The normalized spacial score (nSPS) is 10.9. The first-order valence-corrected chi connectivity index (χ1v) is 5.29. The van der Waals surface area contributed by atoms with Crippen LogP contribution in [0.3, 0.4) is 0 Å². The van der Waals surface area contributed by atoms with Crippen LogP contribution in [0.5, 0.6) is 0 Å². The summed E-state index contributed by atoms with van der Waals surface area (Å²) in [6.45, 7) is 0. The molecule has 3 rings (SSSR count). The molecule has 2 aromatic heterocycles. The van der Waals surface area contributed by atoms with Gasteiger partial charge in [0.25, 0.3) is 0 Å². The Hall–Kier alpha value is -2.63. The Morgan fingerprint density at radius 3 is 3.06 bits per heavy atom. The van der Waals surface area contributed by atoms with Crippen molar-refractivity contribution in [3.63, 3.8) is 0 Å². The van der Waals surface area contributed by atoms with Crippen LogP contribution in [-0.2, 0) is 7.05 Å². The predicted octanol–water partition coefficient (Wildman–Crippen LogP) is 1.33. The lowest BCUT2D eigenvalue weighted by Gasteiger charge is -1.99. The van der Waals surface area contributed by atoms with E-state index >= 15 is 0 Å². The number of nitrogens with one attached hydrogen (secondary N) is 1. The second-order valence-corrected chi connectivity index (χ2v) is 3.93. The van der Waals surface area contributed by atoms with E-state index in [1.54, 1.807) is 25.2 Å². The molecule has 0 atom stereocenters. The van der Waals surface area contributed by atoms with E-state index < -0.39 is 5.76 Å². The lowest BCUT2D eigenvalue weighted by Crippen LogP contribution is -2.08. The number of nitrogens with zero attached hydrogens (tertiary/aromatic N) is 2. The average molecular weight is 243 g/mol. The first-order valence-electron chi connectivity index (χ1n) is 5.29. The molecule has 0 spiro atoms. The lowest BCUT2D eigenvalue weighted by molar-refractivity contribution is 0.112. The molecule has 1 aromatic carbocycles. The summed E-state index contributed by atoms with van der Waals surface area (Å²) in [5.74, 6) is -0.414. The molecule has 6 nitrogen and oxygen atoms in total. The molecular weight excluding hydrogens is 234 g/mol. The van der Waals surface area contributed by atoms with Crippen molar-refractivity contribution in [3.05, 3.63) is 40.5 Å². The number of carbonyl (C=O) groups is 1. The van der Waals surface area contributed by atoms with Gasteiger partial charge in [0.15, 0.2) is 11.9 Å². The number of carbonyl (C=O) groups excluding carboxylic acids is 1. The highest BCUT2D eigenvalue weighted by Gasteiger charge is 2.11. The van der Waals surface area contributed by atoms with E-state index in [0.29, 0.717) is 22.4 Å². The van der Waals surface area contributed by atoms with Crippen molar-refractivity contribution < 1.29 is 9.21 Å². The van der Waals surface area contributed by atoms with Crippen molar-refractivity contribution in [1.82, 2.24) is 14.8 Å². The van der Waals surface area contributed by atoms with E-state index in [4.69, 9.17) is 4.42 Å². The standard InChI is InChI=1S/C12H9N3O3/c1-15-9-4-7(2-3-10(9)18-12(15)17)11-8(6-16)5-13-14-11/h2-6H,1H3,(H,13,14). The summed E-state index contributed by atoms with van der Waals surface area (Å²) in [6, 6.07) is 5.24. The van der Waals surface area contributed by atoms with Gasteiger partial charge in [-0.05, 0) is 18.2 Å². The number of oxazole rings is 1. The van der Waals surface area contributed by atoms with Gasteiger partial charge in [-0.2, -0.15) is 5.10 Å². The molecule has 18 heavy (non-hydrogen) atoms. The third kappa shape index (κ3) is 1.39. The number of hydrogen-bond acceptors (Lipinski definition) is 4. The Kier molecular flexibility index (Phi) is 2.16. The van der Waals surface area contributed by atoms with Crippen LogP contribution in [-0.4, -0.2) is 21.1 Å². The molecule has 3 aromatic rings. The van der Waals surface area contributed by atoms with Crippen molar-refractivity contribution in [3.8, 4) is 11.3 Å². The topological polar surface area (TPSA) is 80.9 Å². The molecule has 90 valence electrons. The van der Waals surface area contributed by atoms with E-state index in [1.807, 2.05) is 0 Å². The summed E-state index contributed by atoms with van der Waals surface area (Å²) < 4.78 is 6.45. The Balaban J connectivity index is 2.28. The van der Waals surface area contributed by atoms with Gasteiger partial charge in [0.1, 0.15) is 0 Å². The van der Waals surface area contributed by atoms with Gasteiger partial charge in [-0.15, -0.1) is 0 Å². The van der Waals surface area contributed by atoms with Gasteiger partial charge in [-0.25, -0.2) is 4.79 Å². The fraction of sp³-hybridized carbons (Fsp3) is 0.0833. The van der Waals surface area contributed by atoms with Crippen LogP contribution in [0, 0.1) is 0 Å². The second-order valence-electron chi connectivity index (χ2n) is 3.93. The third-order valence-corrected chi connectivity index (χ3v) is 2.88. The maximum atomic E-state index is 11.4. The molecule has 0 unspecified atom stereocenters. The van der Waals surface area contributed by atoms with E-state index in [9.17, 15) is 9.59 Å². The van der Waals surface area contributed by atoms with E-state index in [1.165, 1.54) is 10.8 Å². The van der Waals surface area contributed by atoms with Crippen LogP contribution in [0.15, 0.2) is 33.6 Å². The minimum absolute atomic E-state index is 0.414. The average Bonchev–Trinajstić information content (AvgIpc) is 2.95. The molecule has 0 amide bonds. The van der Waals surface area contributed by atoms with Crippen molar-refractivity contribution in [2.24, 2.45) is 7.05 Å². The zero-order valence-electron chi connectivity index (χ0n) is 9.51. The predicted molar refractivity (Wildman–Crippen MR) is 64.4 cm³/mol. The zero-order chi connectivity index (χ0) is 12.7. The molecule has 6 heteroatoms. The van der Waals surface area contributed by atoms with Crippen LogP contribution in [0.4, 0.5) is 0 Å². The Labute approximate surface area is 101 Å². The molecule has 2 heterocycles. The molecule has 0 radical (unpaired) electrons. The lowest BCUT2D eigenvalue weighted by atomic mass is 10.1. The Morgan fingerprint density at radius 2 is 2.28 bits per heavy atom. The number of aromatic nitrogens is 3. The molecule has 0 fully saturated rings. The van der Waals surface area contributed by atoms with Gasteiger partial charge in [0.2, 0.25) is 0 Å². The van der Waals surface area contributed by atoms with Crippen LogP contribution >= 0.6 is 0 Å². The summed E-state index contributed by atoms with van der Waals surface area (Å²) >= 11 is 0. The highest BCUT2D eigenvalue weighted by molar-refractivity contribution is 5.88. The number of rotatable bonds is 2. The summed E-state index contributed by atoms with van der Waals surface area (Å²) in [5, 5.41) is 6.59. The number of aryl methyl sites for hydroxylation is 1. The van der Waals surface area contributed by atoms with E-state index in [-0.39, 0.29) is 0 Å². The number of aromatic amines is 1. The number of H-pyrrole nitrogens is 1. The Bertz CT molecular complexity index is 794. The third-order valence-electron chi connectivity index (χ3n) is 2.88. The van der Waals surface area contributed by atoms with Gasteiger partial charge >= 0.3 is 5.76 Å². The summed E-state index contributed by atoms with van der Waals surface area (Å²) in [6.07, 6.45) is 2.19. The summed E-state index contributed by atoms with van der Waals surface area (Å²) in [5.41, 5.74) is 3.06. The van der Waals surface area contributed by atoms with Gasteiger partial charge < -0.3 is 4.42 Å². The van der Waals surface area contributed by atoms with Gasteiger partial charge in [0, 0.05) is 12.6 Å². The summed E-state index contributed by atoms with van der Waals surface area (Å²) in [7, 11) is 1.63. The molecule has 0 saturated carbocycles. The SMILES string of the molecule is Cn1c(=O)oc2ccc(-c3[nH]ncc3C=O)cc21. The largest absolute Gasteiger partial charge is 0.419 e. The van der Waals surface area contributed by atoms with E-state index in [0.717, 1.165) is 11.8 Å². The second kappa shape index (κ2) is 3.69. The molecule has 0 aliphatic heterocycles. The van der Waals surface area contributed by atoms with Gasteiger partial charge in [-0.3, -0.25) is 14.5 Å². The minimum atomic E-state index is -0.414. The maximum Gasteiger partial charge on any atom is 0.419 e. The van der Waals surface area contributed by atoms with Gasteiger partial charge in [-0.1, -0.05) is 0 Å². The minimum Gasteiger partial charge on any atom is -0.408 e. The monoisotopic (exact) mass is 243 g/mol. The van der Waals surface area contributed by atoms with Crippen molar-refractivity contribution in [2.45, 2.75) is 0 Å². The number of benzene rings is 1. The molecule has 1 N–H and O–H groups in total. The molecule has 0 aliphatic carbocycles. The van der Waals surface area contributed by atoms with Crippen LogP contribution in [0.1, 0.15) is 10.4 Å². The first-order chi connectivity index (χ1) is 8.70. The van der Waals surface area contributed by atoms with Crippen LogP contribution in [0.25, 0.3) is 22.4 Å². The fourth-order valence-electron chi connectivity index (χ4n) is 1.90. The van der Waals surface area contributed by atoms with Crippen molar-refractivity contribution in [2.75, 3.05) is 0 Å². The van der Waals surface area contributed by atoms with E-state index in [2.05, 4.69) is 10.2 Å². The van der Waals surface area contributed by atoms with Crippen molar-refractivity contribution in [1.29, 1.82) is 0 Å². The fourth-order valence-corrected chi connectivity index (χ4v) is 1.90. The number of hydrogen-bond donors (Lipinski definition) is 1. The highest BCUT2D eigenvalue weighted by atomic mass is 16.4. The number of aldehydes is 1. The molecule has 0 saturated heterocycles. The molecular formula is C12H9N3O3. The Morgan fingerprint density at radius 1 is 1.44 bits per heavy atom.